The molecule has 2 aliphatic carbocycles. The second kappa shape index (κ2) is 21.2. The van der Waals surface area contributed by atoms with E-state index >= 15 is 0 Å². The van der Waals surface area contributed by atoms with Crippen molar-refractivity contribution in [3.05, 3.63) is 62.7 Å². The molecule has 0 spiro atoms. The molecule has 8 unspecified atom stereocenters. The van der Waals surface area contributed by atoms with Gasteiger partial charge in [0.05, 0.1) is 61.8 Å². The fourth-order valence-electron chi connectivity index (χ4n) is 7.00. The SMILES string of the molecule is [N-]=[N+]=NC1C[C@@H](N=[N+]=[N-])[C@@H](O)C(O)[C@@H]1O[C@H]1OC(CO)[C@@H](O)C(OCOC2[C@@H](O)C(CO)O[C@@H](O[C@H]3C(N=[N+]=[N-])C[C@H](N=[N+]=[N-])[C@H](O)C3O)[C@@H]2N=[N+]=[N-])[C@@H]1N=[N+]=[N-]. The lowest BCUT2D eigenvalue weighted by Gasteiger charge is -2.47. The lowest BCUT2D eigenvalue weighted by molar-refractivity contribution is -0.320. The maximum atomic E-state index is 11.1. The lowest BCUT2D eigenvalue weighted by atomic mass is 9.84. The Morgan fingerprint density at radius 3 is 1.11 bits per heavy atom. The third kappa shape index (κ3) is 10.1. The maximum absolute atomic E-state index is 11.1. The van der Waals surface area contributed by atoms with E-state index in [1.54, 1.807) is 0 Å². The normalized spacial score (nSPS) is 42.9. The number of ether oxygens (including phenoxy) is 6. The molecule has 0 aromatic heterocycles. The number of azide groups is 6. The van der Waals surface area contributed by atoms with Gasteiger partial charge in [0.1, 0.15) is 67.7 Å². The Bertz CT molecular complexity index is 1550. The predicted octanol–water partition coefficient (Wildman–Crippen LogP) is -1.03. The summed E-state index contributed by atoms with van der Waals surface area (Å²) in [5, 5.41) is 106. The van der Waals surface area contributed by atoms with Gasteiger partial charge in [0.25, 0.3) is 0 Å². The van der Waals surface area contributed by atoms with Gasteiger partial charge in [0.15, 0.2) is 12.6 Å². The van der Waals surface area contributed by atoms with Gasteiger partial charge in [-0.3, -0.25) is 0 Å². The molecule has 312 valence electrons. The monoisotopic (exact) mass is 814 g/mol. The van der Waals surface area contributed by atoms with Gasteiger partial charge in [0, 0.05) is 29.5 Å². The van der Waals surface area contributed by atoms with Crippen LogP contribution in [0.1, 0.15) is 12.8 Å². The Kier molecular flexibility index (Phi) is 16.7. The molecule has 2 saturated carbocycles. The maximum Gasteiger partial charge on any atom is 0.169 e. The fraction of sp³-hybridized carbons (Fsp3) is 1.00. The molecule has 32 nitrogen and oxygen atoms in total. The third-order valence-corrected chi connectivity index (χ3v) is 9.80. The number of hydrogen-bond acceptors (Lipinski definition) is 20. The number of aliphatic hydroxyl groups excluding tert-OH is 8. The Morgan fingerprint density at radius 1 is 0.456 bits per heavy atom. The smallest absolute Gasteiger partial charge is 0.169 e. The second-order valence-corrected chi connectivity index (χ2v) is 12.9. The molecular weight excluding hydrogens is 776 g/mol. The van der Waals surface area contributed by atoms with Crippen molar-refractivity contribution in [2.45, 2.75) is 135 Å². The molecule has 57 heavy (non-hydrogen) atoms. The van der Waals surface area contributed by atoms with E-state index in [0.29, 0.717) is 0 Å². The minimum Gasteiger partial charge on any atom is -0.394 e. The van der Waals surface area contributed by atoms with Crippen molar-refractivity contribution in [2.75, 3.05) is 20.0 Å². The van der Waals surface area contributed by atoms with Gasteiger partial charge in [-0.2, -0.15) is 0 Å². The molecule has 2 saturated heterocycles. The minimum absolute atomic E-state index is 0.308. The van der Waals surface area contributed by atoms with E-state index in [9.17, 15) is 51.9 Å². The molecule has 2 aliphatic heterocycles. The minimum atomic E-state index is -1.88. The first-order valence-electron chi connectivity index (χ1n) is 16.8. The molecule has 0 aromatic rings. The molecule has 4 fully saturated rings. The molecule has 4 rings (SSSR count). The van der Waals surface area contributed by atoms with Crippen molar-refractivity contribution < 1.29 is 69.3 Å². The lowest BCUT2D eigenvalue weighted by Crippen LogP contribution is -2.64. The highest BCUT2D eigenvalue weighted by molar-refractivity contribution is 5.04. The van der Waals surface area contributed by atoms with Crippen molar-refractivity contribution in [1.82, 2.24) is 0 Å². The van der Waals surface area contributed by atoms with E-state index < -0.39 is 142 Å². The summed E-state index contributed by atoms with van der Waals surface area (Å²) >= 11 is 0. The third-order valence-electron chi connectivity index (χ3n) is 9.80. The highest BCUT2D eigenvalue weighted by atomic mass is 16.7. The van der Waals surface area contributed by atoms with Crippen molar-refractivity contribution >= 4 is 0 Å². The summed E-state index contributed by atoms with van der Waals surface area (Å²) in [5.41, 5.74) is 54.8. The first-order chi connectivity index (χ1) is 27.4. The molecule has 20 atom stereocenters. The first kappa shape index (κ1) is 45.0. The Morgan fingerprint density at radius 2 is 0.789 bits per heavy atom. The first-order valence-corrected chi connectivity index (χ1v) is 16.8. The van der Waals surface area contributed by atoms with Gasteiger partial charge >= 0.3 is 0 Å². The second-order valence-electron chi connectivity index (χ2n) is 12.9. The van der Waals surface area contributed by atoms with Gasteiger partial charge in [-0.15, -0.1) is 0 Å². The number of rotatable bonds is 16. The summed E-state index contributed by atoms with van der Waals surface area (Å²) in [6, 6.07) is -8.46. The van der Waals surface area contributed by atoms with Gasteiger partial charge in [0.2, 0.25) is 0 Å². The highest BCUT2D eigenvalue weighted by Gasteiger charge is 2.53. The zero-order valence-electron chi connectivity index (χ0n) is 29.2. The number of hydrogen-bond donors (Lipinski definition) is 8. The van der Waals surface area contributed by atoms with Gasteiger partial charge in [-0.05, 0) is 46.0 Å². The Hall–Kier alpha value is -4.70. The molecule has 32 heteroatoms. The van der Waals surface area contributed by atoms with E-state index in [1.807, 2.05) is 0 Å². The summed E-state index contributed by atoms with van der Waals surface area (Å²) in [6.45, 7) is -2.75. The number of nitrogens with zero attached hydrogens (tertiary/aromatic N) is 18. The van der Waals surface area contributed by atoms with Crippen molar-refractivity contribution in [3.63, 3.8) is 0 Å². The summed E-state index contributed by atoms with van der Waals surface area (Å²) in [7, 11) is 0. The van der Waals surface area contributed by atoms with Crippen LogP contribution in [0.2, 0.25) is 0 Å². The zero-order valence-corrected chi connectivity index (χ0v) is 29.2. The summed E-state index contributed by atoms with van der Waals surface area (Å²) in [5.74, 6) is 0. The average molecular weight is 815 g/mol. The van der Waals surface area contributed by atoms with Crippen LogP contribution >= 0.6 is 0 Å². The topological polar surface area (TPSA) is 510 Å². The van der Waals surface area contributed by atoms with E-state index in [-0.39, 0.29) is 12.8 Å². The molecule has 0 bridgehead atoms. The Balaban J connectivity index is 1.58. The molecule has 0 aromatic carbocycles. The van der Waals surface area contributed by atoms with Crippen LogP contribution < -0.4 is 0 Å². The molecule has 0 radical (unpaired) electrons. The largest absolute Gasteiger partial charge is 0.394 e. The molecule has 2 heterocycles. The van der Waals surface area contributed by atoms with Crippen LogP contribution in [0.4, 0.5) is 0 Å². The van der Waals surface area contributed by atoms with E-state index in [4.69, 9.17) is 50.5 Å². The zero-order chi connectivity index (χ0) is 41.8. The van der Waals surface area contributed by atoms with Gasteiger partial charge < -0.3 is 69.3 Å². The molecule has 4 aliphatic rings. The van der Waals surface area contributed by atoms with Crippen LogP contribution in [0.15, 0.2) is 30.7 Å². The standard InChI is InChI=1S/C25H38N18O14/c26-38-32-6-1-8(34-40-28)20(18(50)14(6)46)56-24-12(36-42-30)22(16(48)10(3-44)54-24)52-5-53-23-13(37-43-31)25(55-11(4-45)17(23)49)57-21-9(35-41-29)2-7(33-39-27)15(47)19(21)51/h6-25,44-51H,1-5H2/t6-,7+,8?,9?,10?,11?,12+,13-,14-,15+,16-,17+,18?,19?,20-,21+,22?,23?,24-,25+. The molecule has 8 N–H and O–H groups in total. The summed E-state index contributed by atoms with van der Waals surface area (Å²) in [6.07, 6.45) is -24.7. The fourth-order valence-corrected chi connectivity index (χ4v) is 7.00. The van der Waals surface area contributed by atoms with Gasteiger partial charge in [-0.1, -0.05) is 30.7 Å². The van der Waals surface area contributed by atoms with Crippen LogP contribution in [0.3, 0.4) is 0 Å². The average Bonchev–Trinajstić information content (AvgIpc) is 3.19. The van der Waals surface area contributed by atoms with Crippen LogP contribution in [0, 0.1) is 0 Å². The van der Waals surface area contributed by atoms with Crippen molar-refractivity contribution in [1.29, 1.82) is 0 Å². The quantitative estimate of drug-likeness (QED) is 0.0400. The van der Waals surface area contributed by atoms with Gasteiger partial charge in [-0.25, -0.2) is 0 Å². The van der Waals surface area contributed by atoms with Crippen LogP contribution in [0.25, 0.3) is 62.7 Å². The van der Waals surface area contributed by atoms with E-state index in [0.717, 1.165) is 0 Å². The number of aliphatic hydroxyl groups is 8. The van der Waals surface area contributed by atoms with E-state index in [1.165, 1.54) is 0 Å². The van der Waals surface area contributed by atoms with E-state index in [2.05, 4.69) is 60.2 Å². The van der Waals surface area contributed by atoms with Crippen molar-refractivity contribution in [3.8, 4) is 0 Å². The Labute approximate surface area is 317 Å². The molecule has 0 amide bonds. The molecular formula is C25H38N18O14. The van der Waals surface area contributed by atoms with Crippen LogP contribution in [-0.2, 0) is 28.4 Å². The van der Waals surface area contributed by atoms with Crippen LogP contribution in [-0.4, -0.2) is 183 Å². The summed E-state index contributed by atoms with van der Waals surface area (Å²) in [4.78, 5) is 16.0. The van der Waals surface area contributed by atoms with Crippen LogP contribution in [0.5, 0.6) is 0 Å². The highest BCUT2D eigenvalue weighted by Crippen LogP contribution is 2.36. The predicted molar refractivity (Wildman–Crippen MR) is 179 cm³/mol. The van der Waals surface area contributed by atoms with Crippen molar-refractivity contribution in [2.24, 2.45) is 30.7 Å². The summed E-state index contributed by atoms with van der Waals surface area (Å²) < 4.78 is 34.3.